The Labute approximate surface area is 210 Å². The monoisotopic (exact) mass is 485 g/mol. The van der Waals surface area contributed by atoms with Gasteiger partial charge in [-0.25, -0.2) is 0 Å². The highest BCUT2D eigenvalue weighted by Gasteiger charge is 2.23. The second-order valence-electron chi connectivity index (χ2n) is 11.4. The molecule has 190 valence electrons. The Morgan fingerprint density at radius 1 is 0.471 bits per heavy atom. The van der Waals surface area contributed by atoms with E-state index in [1.165, 1.54) is 11.1 Å². The molecular weight excluding hydrogens is 439 g/mol. The molecule has 0 radical (unpaired) electrons. The van der Waals surface area contributed by atoms with E-state index in [1.807, 2.05) is 0 Å². The van der Waals surface area contributed by atoms with Gasteiger partial charge in [0.2, 0.25) is 8.60 Å². The largest absolute Gasteiger partial charge is 0.765 e. The topological polar surface area (TPSA) is 41.5 Å². The Kier molecular flexibility index (Phi) is 10.0. The van der Waals surface area contributed by atoms with E-state index in [4.69, 9.17) is 9.05 Å². The van der Waals surface area contributed by atoms with Crippen molar-refractivity contribution < 1.29 is 13.9 Å². The highest BCUT2D eigenvalue weighted by atomic mass is 31.2. The van der Waals surface area contributed by atoms with Crippen LogP contribution in [0.1, 0.15) is 152 Å². The highest BCUT2D eigenvalue weighted by molar-refractivity contribution is 7.40. The van der Waals surface area contributed by atoms with E-state index in [0.717, 1.165) is 22.3 Å². The summed E-state index contributed by atoms with van der Waals surface area (Å²) in [7, 11) is -2.40. The molecule has 2 aromatic carbocycles. The molecular formula is C30H46O3P-. The third kappa shape index (κ3) is 6.76. The minimum atomic E-state index is -2.40. The zero-order valence-electron chi connectivity index (χ0n) is 23.4. The molecule has 0 aliphatic carbocycles. The molecule has 0 N–H and O–H groups in total. The van der Waals surface area contributed by atoms with Gasteiger partial charge in [-0.05, 0) is 68.9 Å². The summed E-state index contributed by atoms with van der Waals surface area (Å²) < 4.78 is 12.3. The molecule has 2 aromatic rings. The van der Waals surface area contributed by atoms with Crippen molar-refractivity contribution in [2.45, 2.75) is 119 Å². The van der Waals surface area contributed by atoms with E-state index in [9.17, 15) is 4.89 Å². The van der Waals surface area contributed by atoms with Crippen LogP contribution in [0.5, 0.6) is 11.5 Å². The number of hydrogen-bond donors (Lipinski definition) is 0. The van der Waals surface area contributed by atoms with Gasteiger partial charge in [0, 0.05) is 0 Å². The third-order valence-electron chi connectivity index (χ3n) is 6.49. The second kappa shape index (κ2) is 11.9. The molecule has 34 heavy (non-hydrogen) atoms. The molecule has 2 rings (SSSR count). The van der Waals surface area contributed by atoms with E-state index >= 15 is 0 Å². The van der Waals surface area contributed by atoms with Gasteiger partial charge in [0.05, 0.1) is 0 Å². The van der Waals surface area contributed by atoms with Gasteiger partial charge in [0.1, 0.15) is 11.5 Å². The predicted octanol–water partition coefficient (Wildman–Crippen LogP) is 9.47. The number of hydrogen-bond acceptors (Lipinski definition) is 3. The van der Waals surface area contributed by atoms with Crippen molar-refractivity contribution in [3.8, 4) is 11.5 Å². The smallest absolute Gasteiger partial charge is 0.210 e. The van der Waals surface area contributed by atoms with E-state index < -0.39 is 8.60 Å². The first-order valence-electron chi connectivity index (χ1n) is 12.9. The van der Waals surface area contributed by atoms with E-state index in [0.29, 0.717) is 23.3 Å². The second-order valence-corrected chi connectivity index (χ2v) is 12.2. The SMILES string of the molecule is CC(C)c1cc(C(C)C)c(OP([O-])Oc2c(C(C)C)cc(C(C)C)cc2C(C)C)c(C(C)C)c1. The molecule has 0 aliphatic rings. The Morgan fingerprint density at radius 3 is 0.882 bits per heavy atom. The molecule has 0 saturated heterocycles. The first kappa shape index (κ1) is 28.7. The lowest BCUT2D eigenvalue weighted by Crippen LogP contribution is -2.14. The average molecular weight is 486 g/mol. The van der Waals surface area contributed by atoms with Gasteiger partial charge in [-0.2, -0.15) is 0 Å². The van der Waals surface area contributed by atoms with Gasteiger partial charge in [-0.1, -0.05) is 107 Å². The maximum absolute atomic E-state index is 13.4. The third-order valence-corrected chi connectivity index (χ3v) is 7.15. The molecule has 0 amide bonds. The Balaban J connectivity index is 2.55. The molecule has 0 bridgehead atoms. The van der Waals surface area contributed by atoms with Crippen LogP contribution in [0.4, 0.5) is 0 Å². The van der Waals surface area contributed by atoms with Crippen LogP contribution < -0.4 is 13.9 Å². The lowest BCUT2D eigenvalue weighted by Gasteiger charge is -2.31. The summed E-state index contributed by atoms with van der Waals surface area (Å²) in [5.74, 6) is 3.24. The predicted molar refractivity (Wildman–Crippen MR) is 146 cm³/mol. The molecule has 0 spiro atoms. The van der Waals surface area contributed by atoms with Crippen LogP contribution in [0.15, 0.2) is 24.3 Å². The van der Waals surface area contributed by atoms with Crippen LogP contribution in [0.25, 0.3) is 0 Å². The van der Waals surface area contributed by atoms with Crippen LogP contribution >= 0.6 is 8.60 Å². The number of benzene rings is 2. The normalized spacial score (nSPS) is 12.4. The van der Waals surface area contributed by atoms with E-state index in [1.54, 1.807) is 0 Å². The zero-order chi connectivity index (χ0) is 25.9. The van der Waals surface area contributed by atoms with Crippen molar-refractivity contribution in [2.75, 3.05) is 0 Å². The molecule has 4 heteroatoms. The summed E-state index contributed by atoms with van der Waals surface area (Å²) in [5.41, 5.74) is 6.92. The van der Waals surface area contributed by atoms with Crippen LogP contribution in [0.3, 0.4) is 0 Å². The fourth-order valence-corrected chi connectivity index (χ4v) is 4.91. The lowest BCUT2D eigenvalue weighted by molar-refractivity contribution is -0.189. The minimum absolute atomic E-state index is 0.248. The van der Waals surface area contributed by atoms with Gasteiger partial charge in [0.25, 0.3) is 0 Å². The van der Waals surface area contributed by atoms with Crippen LogP contribution in [-0.4, -0.2) is 0 Å². The Bertz CT molecular complexity index is 822. The summed E-state index contributed by atoms with van der Waals surface area (Å²) in [6.07, 6.45) is 0. The quantitative estimate of drug-likeness (QED) is 0.315. The Morgan fingerprint density at radius 2 is 0.706 bits per heavy atom. The molecule has 0 aliphatic heterocycles. The summed E-state index contributed by atoms with van der Waals surface area (Å²) in [6, 6.07) is 8.82. The summed E-state index contributed by atoms with van der Waals surface area (Å²) in [6.45, 7) is 26.1. The molecule has 0 saturated carbocycles. The van der Waals surface area contributed by atoms with Crippen LogP contribution in [0, 0.1) is 0 Å². The van der Waals surface area contributed by atoms with Gasteiger partial charge in [-0.3, -0.25) is 0 Å². The van der Waals surface area contributed by atoms with Gasteiger partial charge in [-0.15, -0.1) is 0 Å². The van der Waals surface area contributed by atoms with Gasteiger partial charge in [0.15, 0.2) is 0 Å². The van der Waals surface area contributed by atoms with Crippen molar-refractivity contribution in [2.24, 2.45) is 0 Å². The standard InChI is InChI=1S/C30H46O3P/c1-17(2)23-13-25(19(5)6)29(26(14-23)20(7)8)32-34(31)33-30-27(21(9)10)15-24(18(3)4)16-28(30)22(11)12/h13-22H,1-12H3/q-1. The molecule has 0 fully saturated rings. The molecule has 0 aromatic heterocycles. The molecule has 0 unspecified atom stereocenters. The van der Waals surface area contributed by atoms with Crippen molar-refractivity contribution in [1.82, 2.24) is 0 Å². The number of rotatable bonds is 10. The molecule has 0 heterocycles. The van der Waals surface area contributed by atoms with Crippen molar-refractivity contribution in [3.05, 3.63) is 57.6 Å². The van der Waals surface area contributed by atoms with E-state index in [-0.39, 0.29) is 23.7 Å². The lowest BCUT2D eigenvalue weighted by atomic mass is 9.88. The Hall–Kier alpha value is -1.57. The minimum Gasteiger partial charge on any atom is -0.765 e. The molecule has 0 atom stereocenters. The highest BCUT2D eigenvalue weighted by Crippen LogP contribution is 2.46. The summed E-state index contributed by atoms with van der Waals surface area (Å²) in [5, 5.41) is 0. The van der Waals surface area contributed by atoms with Crippen LogP contribution in [-0.2, 0) is 0 Å². The zero-order valence-corrected chi connectivity index (χ0v) is 24.3. The van der Waals surface area contributed by atoms with E-state index in [2.05, 4.69) is 107 Å². The maximum Gasteiger partial charge on any atom is 0.210 e. The first-order chi connectivity index (χ1) is 15.7. The average Bonchev–Trinajstić information content (AvgIpc) is 2.72. The van der Waals surface area contributed by atoms with Crippen molar-refractivity contribution in [3.63, 3.8) is 0 Å². The van der Waals surface area contributed by atoms with Crippen molar-refractivity contribution in [1.29, 1.82) is 0 Å². The van der Waals surface area contributed by atoms with Gasteiger partial charge >= 0.3 is 0 Å². The fourth-order valence-electron chi connectivity index (χ4n) is 4.16. The van der Waals surface area contributed by atoms with Gasteiger partial charge < -0.3 is 13.9 Å². The maximum atomic E-state index is 13.4. The van der Waals surface area contributed by atoms with Crippen molar-refractivity contribution >= 4 is 8.60 Å². The molecule has 3 nitrogen and oxygen atoms in total. The fraction of sp³-hybridized carbons (Fsp3) is 0.600. The van der Waals surface area contributed by atoms with Crippen LogP contribution in [0.2, 0.25) is 0 Å². The summed E-state index contributed by atoms with van der Waals surface area (Å²) >= 11 is 0. The summed E-state index contributed by atoms with van der Waals surface area (Å²) in [4.78, 5) is 13.4. The first-order valence-corrected chi connectivity index (χ1v) is 14.0.